The molecule has 0 aliphatic rings. The molecule has 0 bridgehead atoms. The van der Waals surface area contributed by atoms with Gasteiger partial charge in [-0.1, -0.05) is 17.7 Å². The summed E-state index contributed by atoms with van der Waals surface area (Å²) in [6.45, 7) is 0.522. The number of benzene rings is 2. The van der Waals surface area contributed by atoms with Crippen LogP contribution < -0.4 is 21.5 Å². The number of rotatable bonds is 10. The number of anilines is 3. The molecule has 15 heteroatoms. The summed E-state index contributed by atoms with van der Waals surface area (Å²) in [7, 11) is 0. The number of primary amides is 1. The van der Waals surface area contributed by atoms with E-state index in [9.17, 15) is 15.0 Å². The van der Waals surface area contributed by atoms with Gasteiger partial charge in [0.1, 0.15) is 11.5 Å². The molecule has 5 rings (SSSR count). The van der Waals surface area contributed by atoms with Crippen LogP contribution in [0.25, 0.3) is 17.4 Å². The van der Waals surface area contributed by atoms with Gasteiger partial charge in [-0.15, -0.1) is 5.10 Å². The maximum Gasteiger partial charge on any atom is 0.259 e. The number of furan rings is 1. The highest BCUT2D eigenvalue weighted by molar-refractivity contribution is 8.00. The summed E-state index contributed by atoms with van der Waals surface area (Å²) in [5.41, 5.74) is 12.6. The zero-order valence-corrected chi connectivity index (χ0v) is 21.7. The number of phenolic OH excluding ortho intramolecular Hbond substituents is 1. The van der Waals surface area contributed by atoms with Crippen LogP contribution >= 0.6 is 23.5 Å². The van der Waals surface area contributed by atoms with Crippen molar-refractivity contribution >= 4 is 52.8 Å². The zero-order valence-electron chi connectivity index (χ0n) is 20.1. The van der Waals surface area contributed by atoms with Crippen LogP contribution in [-0.2, 0) is 6.42 Å². The fourth-order valence-electron chi connectivity index (χ4n) is 3.65. The number of aromatic nitrogens is 5. The van der Waals surface area contributed by atoms with Crippen LogP contribution in [0.1, 0.15) is 22.3 Å². The topological polar surface area (TPSA) is 203 Å². The van der Waals surface area contributed by atoms with E-state index in [-0.39, 0.29) is 33.8 Å². The highest BCUT2D eigenvalue weighted by Gasteiger charge is 2.15. The van der Waals surface area contributed by atoms with Crippen molar-refractivity contribution in [2.75, 3.05) is 22.3 Å². The van der Waals surface area contributed by atoms with Crippen molar-refractivity contribution in [1.82, 2.24) is 24.6 Å². The largest absolute Gasteiger partial charge is 0.508 e. The Kier molecular flexibility index (Phi) is 7.29. The fourth-order valence-corrected chi connectivity index (χ4v) is 4.65. The number of nitrogens with zero attached hydrogens (tertiary/aromatic N) is 5. The molecule has 2 aromatic carbocycles. The molecule has 0 atom stereocenters. The third-order valence-corrected chi connectivity index (χ3v) is 6.65. The predicted molar refractivity (Wildman–Crippen MR) is 147 cm³/mol. The molecular weight excluding hydrogens is 546 g/mol. The van der Waals surface area contributed by atoms with Crippen LogP contribution in [0.2, 0.25) is 5.02 Å². The minimum Gasteiger partial charge on any atom is -0.508 e. The average Bonchev–Trinajstić information content (AvgIpc) is 3.58. The Morgan fingerprint density at radius 1 is 1.15 bits per heavy atom. The van der Waals surface area contributed by atoms with Crippen LogP contribution in [0.4, 0.5) is 17.6 Å². The van der Waals surface area contributed by atoms with Crippen molar-refractivity contribution < 1.29 is 19.4 Å². The second-order valence-corrected chi connectivity index (χ2v) is 9.56. The molecule has 0 saturated heterocycles. The summed E-state index contributed by atoms with van der Waals surface area (Å²) < 4.78 is 9.72. The lowest BCUT2D eigenvalue weighted by Gasteiger charge is -2.11. The monoisotopic (exact) mass is 567 g/mol. The van der Waals surface area contributed by atoms with Crippen LogP contribution in [0, 0.1) is 0 Å². The zero-order chi connectivity index (χ0) is 27.5. The number of carbonyl (C=O) groups is 1. The van der Waals surface area contributed by atoms with Gasteiger partial charge in [0.15, 0.2) is 5.76 Å². The predicted octanol–water partition coefficient (Wildman–Crippen LogP) is 3.69. The molecule has 0 unspecified atom stereocenters. The normalized spacial score (nSPS) is 11.1. The van der Waals surface area contributed by atoms with Gasteiger partial charge < -0.3 is 36.1 Å². The van der Waals surface area contributed by atoms with E-state index in [1.54, 1.807) is 18.2 Å². The number of amides is 1. The minimum absolute atomic E-state index is 0.00971. The molecule has 1 amide bonds. The van der Waals surface area contributed by atoms with Crippen molar-refractivity contribution in [3.63, 3.8) is 0 Å². The Morgan fingerprint density at radius 2 is 2.00 bits per heavy atom. The third-order valence-electron chi connectivity index (χ3n) is 5.56. The first-order chi connectivity index (χ1) is 18.8. The number of nitrogen functional groups attached to an aromatic ring is 1. The molecule has 13 nitrogen and oxygen atoms in total. The van der Waals surface area contributed by atoms with E-state index >= 15 is 0 Å². The van der Waals surface area contributed by atoms with E-state index in [2.05, 4.69) is 30.1 Å². The number of nitrogens with two attached hydrogens (primary N) is 2. The Labute approximate surface area is 230 Å². The standard InChI is InChI=1S/C24H22ClN9O4S/c25-16-11-14(10-15(19(16)36)20(26)37)39-33-13-6-5-12(17(35)9-13)3-1-7-28-23-30-22(27)34-24(31-23)29-21(32-34)18-4-2-8-38-18/h2,4-6,8-11,33,35-36H,1,3,7H2,(H2,26,37)(H3,27,28,29,30,31,32). The molecule has 0 aliphatic heterocycles. The van der Waals surface area contributed by atoms with Gasteiger partial charge in [-0.05, 0) is 60.7 Å². The Morgan fingerprint density at radius 3 is 2.74 bits per heavy atom. The molecule has 0 radical (unpaired) electrons. The van der Waals surface area contributed by atoms with Crippen LogP contribution in [0.5, 0.6) is 11.5 Å². The van der Waals surface area contributed by atoms with Gasteiger partial charge in [0.2, 0.25) is 17.7 Å². The SMILES string of the molecule is NC(=O)c1cc(SNc2ccc(CCCNc3nc(N)n4nc(-c5ccco5)nc4n3)c(O)c2)cc(Cl)c1O. The second-order valence-electron chi connectivity index (χ2n) is 8.27. The summed E-state index contributed by atoms with van der Waals surface area (Å²) in [6.07, 6.45) is 2.79. The lowest BCUT2D eigenvalue weighted by molar-refractivity contribution is 0.0997. The van der Waals surface area contributed by atoms with Crippen molar-refractivity contribution in [3.05, 3.63) is 64.9 Å². The molecule has 3 aromatic heterocycles. The minimum atomic E-state index is -0.790. The quantitative estimate of drug-likeness (QED) is 0.106. The molecular formula is C24H22ClN9O4S. The average molecular weight is 568 g/mol. The van der Waals surface area contributed by atoms with Gasteiger partial charge in [-0.2, -0.15) is 19.5 Å². The molecule has 0 fully saturated rings. The lowest BCUT2D eigenvalue weighted by atomic mass is 10.1. The first-order valence-electron chi connectivity index (χ1n) is 11.5. The molecule has 8 N–H and O–H groups in total. The number of phenols is 2. The number of halogens is 1. The second kappa shape index (κ2) is 11.0. The number of aromatic hydroxyl groups is 2. The molecule has 0 spiro atoms. The lowest BCUT2D eigenvalue weighted by Crippen LogP contribution is -2.11. The van der Waals surface area contributed by atoms with Gasteiger partial charge in [-0.3, -0.25) is 4.79 Å². The fraction of sp³-hybridized carbons (Fsp3) is 0.125. The van der Waals surface area contributed by atoms with Gasteiger partial charge in [0.25, 0.3) is 11.7 Å². The number of fused-ring (bicyclic) bond motifs is 1. The van der Waals surface area contributed by atoms with Crippen LogP contribution in [0.3, 0.4) is 0 Å². The molecule has 39 heavy (non-hydrogen) atoms. The summed E-state index contributed by atoms with van der Waals surface area (Å²) >= 11 is 7.12. The Balaban J connectivity index is 1.15. The van der Waals surface area contributed by atoms with E-state index < -0.39 is 5.91 Å². The molecule has 200 valence electrons. The third kappa shape index (κ3) is 5.76. The first-order valence-corrected chi connectivity index (χ1v) is 12.7. The maximum atomic E-state index is 11.5. The maximum absolute atomic E-state index is 11.5. The summed E-state index contributed by atoms with van der Waals surface area (Å²) in [5.74, 6) is 0.552. The van der Waals surface area contributed by atoms with E-state index in [4.69, 9.17) is 27.5 Å². The van der Waals surface area contributed by atoms with Gasteiger partial charge in [0.05, 0.1) is 16.8 Å². The van der Waals surface area contributed by atoms with Gasteiger partial charge >= 0.3 is 0 Å². The van der Waals surface area contributed by atoms with E-state index in [0.717, 1.165) is 17.5 Å². The molecule has 3 heterocycles. The number of nitrogens with one attached hydrogen (secondary N) is 2. The summed E-state index contributed by atoms with van der Waals surface area (Å²) in [5, 5.41) is 27.7. The molecule has 0 saturated carbocycles. The molecule has 5 aromatic rings. The van der Waals surface area contributed by atoms with Gasteiger partial charge in [-0.25, -0.2) is 0 Å². The number of hydrogen-bond donors (Lipinski definition) is 6. The highest BCUT2D eigenvalue weighted by atomic mass is 35.5. The number of hydrogen-bond acceptors (Lipinski definition) is 12. The smallest absolute Gasteiger partial charge is 0.259 e. The van der Waals surface area contributed by atoms with Crippen molar-refractivity contribution in [3.8, 4) is 23.1 Å². The summed E-state index contributed by atoms with van der Waals surface area (Å²) in [4.78, 5) is 25.0. The van der Waals surface area contributed by atoms with Crippen molar-refractivity contribution in [2.24, 2.45) is 5.73 Å². The number of aryl methyl sites for hydroxylation is 1. The summed E-state index contributed by atoms with van der Waals surface area (Å²) in [6, 6.07) is 11.6. The first kappa shape index (κ1) is 25.9. The van der Waals surface area contributed by atoms with Crippen LogP contribution in [0.15, 0.2) is 58.0 Å². The van der Waals surface area contributed by atoms with Gasteiger partial charge in [0, 0.05) is 23.2 Å². The van der Waals surface area contributed by atoms with Crippen molar-refractivity contribution in [2.45, 2.75) is 17.7 Å². The molecule has 0 aliphatic carbocycles. The van der Waals surface area contributed by atoms with E-state index in [1.165, 1.54) is 22.9 Å². The Hall–Kier alpha value is -4.69. The van der Waals surface area contributed by atoms with Crippen molar-refractivity contribution in [1.29, 1.82) is 0 Å². The Bertz CT molecular complexity index is 1660. The number of carbonyl (C=O) groups excluding carboxylic acids is 1. The van der Waals surface area contributed by atoms with Crippen LogP contribution in [-0.4, -0.2) is 47.2 Å². The highest BCUT2D eigenvalue weighted by Crippen LogP contribution is 2.34. The van der Waals surface area contributed by atoms with E-state index in [1.807, 2.05) is 12.1 Å². The van der Waals surface area contributed by atoms with E-state index in [0.29, 0.717) is 47.5 Å².